The molecule has 0 heterocycles. The van der Waals surface area contributed by atoms with Gasteiger partial charge in [-0.2, -0.15) is 0 Å². The van der Waals surface area contributed by atoms with Gasteiger partial charge in [0.15, 0.2) is 11.6 Å². The fourth-order valence-electron chi connectivity index (χ4n) is 1.32. The van der Waals surface area contributed by atoms with Crippen LogP contribution in [-0.2, 0) is 0 Å². The first-order chi connectivity index (χ1) is 8.49. The second-order valence-corrected chi connectivity index (χ2v) is 4.51. The molecule has 0 fully saturated rings. The topological polar surface area (TPSA) is 26.0 Å². The van der Waals surface area contributed by atoms with E-state index in [0.717, 1.165) is 30.3 Å². The smallest absolute Gasteiger partial charge is 0.174 e. The zero-order valence-electron chi connectivity index (χ0n) is 8.88. The molecule has 0 bridgehead atoms. The zero-order valence-corrected chi connectivity index (χ0v) is 9.70. The van der Waals surface area contributed by atoms with Crippen molar-refractivity contribution in [3.05, 3.63) is 53.6 Å². The standard InChI is InChI=1S/C12H7F4NS/c13-6-1-2-7(14)10(5-6)18-12-9(17)4-3-8(15)11(12)16/h1-5H,17H2. The quantitative estimate of drug-likeness (QED) is 0.661. The summed E-state index contributed by atoms with van der Waals surface area (Å²) >= 11 is 0.541. The van der Waals surface area contributed by atoms with Gasteiger partial charge in [-0.05, 0) is 30.3 Å². The summed E-state index contributed by atoms with van der Waals surface area (Å²) in [5, 5.41) is 0. The lowest BCUT2D eigenvalue weighted by Gasteiger charge is -2.08. The van der Waals surface area contributed by atoms with E-state index in [4.69, 9.17) is 5.73 Å². The molecule has 1 nitrogen and oxygen atoms in total. The van der Waals surface area contributed by atoms with Gasteiger partial charge in [-0.25, -0.2) is 17.6 Å². The number of hydrogen-bond donors (Lipinski definition) is 1. The normalized spacial score (nSPS) is 10.7. The second-order valence-electron chi connectivity index (χ2n) is 3.46. The third kappa shape index (κ3) is 2.43. The zero-order chi connectivity index (χ0) is 13.3. The highest BCUT2D eigenvalue weighted by atomic mass is 32.2. The Morgan fingerprint density at radius 3 is 2.28 bits per heavy atom. The van der Waals surface area contributed by atoms with Crippen LogP contribution in [0, 0.1) is 23.3 Å². The number of rotatable bonds is 2. The van der Waals surface area contributed by atoms with Gasteiger partial charge in [0.05, 0.1) is 9.79 Å². The molecule has 0 saturated heterocycles. The van der Waals surface area contributed by atoms with Gasteiger partial charge in [0, 0.05) is 5.69 Å². The van der Waals surface area contributed by atoms with Gasteiger partial charge in [0.25, 0.3) is 0 Å². The van der Waals surface area contributed by atoms with Crippen LogP contribution in [0.2, 0.25) is 0 Å². The van der Waals surface area contributed by atoms with E-state index in [0.29, 0.717) is 11.8 Å². The molecule has 0 atom stereocenters. The van der Waals surface area contributed by atoms with Crippen molar-refractivity contribution < 1.29 is 17.6 Å². The van der Waals surface area contributed by atoms with Crippen LogP contribution in [0.25, 0.3) is 0 Å². The van der Waals surface area contributed by atoms with Crippen molar-refractivity contribution in [2.45, 2.75) is 9.79 Å². The maximum absolute atomic E-state index is 13.5. The van der Waals surface area contributed by atoms with Gasteiger partial charge in [0.1, 0.15) is 11.6 Å². The van der Waals surface area contributed by atoms with Crippen LogP contribution >= 0.6 is 11.8 Å². The van der Waals surface area contributed by atoms with Gasteiger partial charge in [0.2, 0.25) is 0 Å². The Kier molecular flexibility index (Phi) is 3.47. The van der Waals surface area contributed by atoms with Crippen LogP contribution in [0.5, 0.6) is 0 Å². The maximum Gasteiger partial charge on any atom is 0.174 e. The fraction of sp³-hybridized carbons (Fsp3) is 0. The highest BCUT2D eigenvalue weighted by Crippen LogP contribution is 2.36. The monoisotopic (exact) mass is 273 g/mol. The van der Waals surface area contributed by atoms with Gasteiger partial charge in [-0.3, -0.25) is 0 Å². The molecule has 0 spiro atoms. The molecule has 2 N–H and O–H groups in total. The summed E-state index contributed by atoms with van der Waals surface area (Å²) in [6, 6.07) is 4.77. The van der Waals surface area contributed by atoms with E-state index in [-0.39, 0.29) is 15.5 Å². The first-order valence-electron chi connectivity index (χ1n) is 4.85. The summed E-state index contributed by atoms with van der Waals surface area (Å²) in [7, 11) is 0. The van der Waals surface area contributed by atoms with Gasteiger partial charge < -0.3 is 5.73 Å². The molecule has 6 heteroatoms. The van der Waals surface area contributed by atoms with Crippen molar-refractivity contribution in [3.63, 3.8) is 0 Å². The Morgan fingerprint density at radius 2 is 1.56 bits per heavy atom. The van der Waals surface area contributed by atoms with Crippen molar-refractivity contribution >= 4 is 17.4 Å². The molecule has 0 aliphatic rings. The molecule has 2 aromatic carbocycles. The molecule has 0 aliphatic heterocycles. The minimum absolute atomic E-state index is 0.0393. The van der Waals surface area contributed by atoms with Crippen LogP contribution in [0.3, 0.4) is 0 Å². The Hall–Kier alpha value is -1.69. The van der Waals surface area contributed by atoms with E-state index < -0.39 is 23.3 Å². The Bertz CT molecular complexity index is 601. The van der Waals surface area contributed by atoms with Crippen molar-refractivity contribution in [1.29, 1.82) is 0 Å². The van der Waals surface area contributed by atoms with Crippen molar-refractivity contribution in [1.82, 2.24) is 0 Å². The number of hydrogen-bond acceptors (Lipinski definition) is 2. The van der Waals surface area contributed by atoms with E-state index >= 15 is 0 Å². The molecule has 2 aromatic rings. The lowest BCUT2D eigenvalue weighted by atomic mass is 10.3. The van der Waals surface area contributed by atoms with E-state index in [1.807, 2.05) is 0 Å². The molecule has 0 radical (unpaired) electrons. The summed E-state index contributed by atoms with van der Waals surface area (Å²) in [6.07, 6.45) is 0. The number of benzene rings is 2. The number of anilines is 1. The SMILES string of the molecule is Nc1ccc(F)c(F)c1Sc1cc(F)ccc1F. The van der Waals surface area contributed by atoms with Crippen molar-refractivity contribution in [2.24, 2.45) is 0 Å². The third-order valence-corrected chi connectivity index (χ3v) is 3.34. The van der Waals surface area contributed by atoms with E-state index in [2.05, 4.69) is 0 Å². The van der Waals surface area contributed by atoms with Crippen LogP contribution < -0.4 is 5.73 Å². The largest absolute Gasteiger partial charge is 0.398 e. The van der Waals surface area contributed by atoms with Gasteiger partial charge >= 0.3 is 0 Å². The van der Waals surface area contributed by atoms with Gasteiger partial charge in [-0.1, -0.05) is 11.8 Å². The maximum atomic E-state index is 13.5. The first-order valence-corrected chi connectivity index (χ1v) is 5.67. The molecule has 0 unspecified atom stereocenters. The third-order valence-electron chi connectivity index (χ3n) is 2.19. The molecule has 0 aromatic heterocycles. The highest BCUT2D eigenvalue weighted by molar-refractivity contribution is 7.99. The summed E-state index contributed by atoms with van der Waals surface area (Å²) in [6.45, 7) is 0. The highest BCUT2D eigenvalue weighted by Gasteiger charge is 2.15. The number of halogens is 4. The summed E-state index contributed by atoms with van der Waals surface area (Å²) in [5.41, 5.74) is 5.44. The number of nitrogens with two attached hydrogens (primary N) is 1. The van der Waals surface area contributed by atoms with E-state index in [9.17, 15) is 17.6 Å². The fourth-order valence-corrected chi connectivity index (χ4v) is 2.25. The molecular formula is C12H7F4NS. The van der Waals surface area contributed by atoms with Crippen LogP contribution in [0.1, 0.15) is 0 Å². The molecule has 18 heavy (non-hydrogen) atoms. The van der Waals surface area contributed by atoms with E-state index in [1.165, 1.54) is 0 Å². The van der Waals surface area contributed by atoms with Crippen LogP contribution in [0.4, 0.5) is 23.2 Å². The molecule has 0 saturated carbocycles. The van der Waals surface area contributed by atoms with Crippen LogP contribution in [-0.4, -0.2) is 0 Å². The Morgan fingerprint density at radius 1 is 0.889 bits per heavy atom. The molecule has 0 amide bonds. The second kappa shape index (κ2) is 4.89. The molecule has 0 aliphatic carbocycles. The lowest BCUT2D eigenvalue weighted by molar-refractivity contribution is 0.492. The Balaban J connectivity index is 2.46. The minimum Gasteiger partial charge on any atom is -0.398 e. The van der Waals surface area contributed by atoms with Crippen molar-refractivity contribution in [2.75, 3.05) is 5.73 Å². The first kappa shape index (κ1) is 12.8. The summed E-state index contributed by atoms with van der Waals surface area (Å²) < 4.78 is 52.8. The predicted molar refractivity (Wildman–Crippen MR) is 61.3 cm³/mol. The lowest BCUT2D eigenvalue weighted by Crippen LogP contribution is -1.96. The summed E-state index contributed by atoms with van der Waals surface area (Å²) in [5.74, 6) is -3.68. The van der Waals surface area contributed by atoms with Crippen molar-refractivity contribution in [3.8, 4) is 0 Å². The minimum atomic E-state index is -1.18. The van der Waals surface area contributed by atoms with Gasteiger partial charge in [-0.15, -0.1) is 0 Å². The number of nitrogen functional groups attached to an aromatic ring is 1. The average Bonchev–Trinajstić information content (AvgIpc) is 2.34. The summed E-state index contributed by atoms with van der Waals surface area (Å²) in [4.78, 5) is -0.425. The Labute approximate surface area is 105 Å². The van der Waals surface area contributed by atoms with E-state index in [1.54, 1.807) is 0 Å². The van der Waals surface area contributed by atoms with Crippen LogP contribution in [0.15, 0.2) is 40.1 Å². The predicted octanol–water partition coefficient (Wildman–Crippen LogP) is 3.98. The molecule has 94 valence electrons. The average molecular weight is 273 g/mol. The molecular weight excluding hydrogens is 266 g/mol. The molecule has 2 rings (SSSR count).